The first-order chi connectivity index (χ1) is 4.61. The Labute approximate surface area is 58.9 Å². The third kappa shape index (κ3) is 1.07. The largest absolute Gasteiger partial charge is 0.395 e. The van der Waals surface area contributed by atoms with Crippen LogP contribution in [0.2, 0.25) is 0 Å². The molecule has 2 N–H and O–H groups in total. The fourth-order valence-corrected chi connectivity index (χ4v) is 0.697. The van der Waals surface area contributed by atoms with Gasteiger partial charge in [-0.25, -0.2) is 4.98 Å². The minimum atomic E-state index is -0.580. The molecule has 0 bridgehead atoms. The molecule has 10 heavy (non-hydrogen) atoms. The van der Waals surface area contributed by atoms with Gasteiger partial charge in [-0.1, -0.05) is 0 Å². The lowest BCUT2D eigenvalue weighted by molar-refractivity contribution is 0.584. The molecule has 0 aromatic carbocycles. The molecule has 0 aliphatic carbocycles. The smallest absolute Gasteiger partial charge is 0.236 e. The molecule has 0 saturated heterocycles. The maximum absolute atomic E-state index is 12.5. The maximum Gasteiger partial charge on any atom is 0.236 e. The number of aromatic nitrogens is 1. The molecule has 2 nitrogen and oxygen atoms in total. The molecular weight excluding hydrogens is 131 g/mol. The fourth-order valence-electron chi connectivity index (χ4n) is 0.697. The highest BCUT2D eigenvalue weighted by atomic mass is 19.1. The highest BCUT2D eigenvalue weighted by molar-refractivity contribution is 5.40. The standard InChI is InChI=1S/C7H9FN2/c1-4-3-6(9)7(8)10-5(4)2/h3H,9H2,1-2H3. The summed E-state index contributed by atoms with van der Waals surface area (Å²) in [4.78, 5) is 3.58. The van der Waals surface area contributed by atoms with E-state index in [-0.39, 0.29) is 5.69 Å². The summed E-state index contributed by atoms with van der Waals surface area (Å²) >= 11 is 0. The second-order valence-electron chi connectivity index (χ2n) is 2.27. The number of hydrogen-bond acceptors (Lipinski definition) is 2. The predicted octanol–water partition coefficient (Wildman–Crippen LogP) is 1.42. The van der Waals surface area contributed by atoms with E-state index in [1.54, 1.807) is 13.0 Å². The van der Waals surface area contributed by atoms with Gasteiger partial charge >= 0.3 is 0 Å². The Kier molecular flexibility index (Phi) is 1.57. The van der Waals surface area contributed by atoms with Crippen LogP contribution >= 0.6 is 0 Å². The van der Waals surface area contributed by atoms with Crippen LogP contribution in [-0.4, -0.2) is 4.98 Å². The zero-order valence-corrected chi connectivity index (χ0v) is 5.98. The SMILES string of the molecule is Cc1cc(N)c(F)nc1C. The van der Waals surface area contributed by atoms with Gasteiger partial charge in [-0.3, -0.25) is 0 Å². The molecule has 54 valence electrons. The number of nitrogens with zero attached hydrogens (tertiary/aromatic N) is 1. The van der Waals surface area contributed by atoms with Crippen LogP contribution in [0.5, 0.6) is 0 Å². The first-order valence-corrected chi connectivity index (χ1v) is 3.00. The van der Waals surface area contributed by atoms with E-state index < -0.39 is 5.95 Å². The Balaban J connectivity index is 3.28. The Bertz CT molecular complexity index is 208. The molecule has 0 atom stereocenters. The van der Waals surface area contributed by atoms with Crippen molar-refractivity contribution in [3.63, 3.8) is 0 Å². The van der Waals surface area contributed by atoms with E-state index in [0.29, 0.717) is 5.69 Å². The van der Waals surface area contributed by atoms with Crippen molar-refractivity contribution < 1.29 is 4.39 Å². The van der Waals surface area contributed by atoms with E-state index in [2.05, 4.69) is 4.98 Å². The Morgan fingerprint density at radius 3 is 2.60 bits per heavy atom. The topological polar surface area (TPSA) is 38.9 Å². The number of aryl methyl sites for hydroxylation is 2. The Morgan fingerprint density at radius 1 is 1.50 bits per heavy atom. The van der Waals surface area contributed by atoms with E-state index in [0.717, 1.165) is 5.56 Å². The van der Waals surface area contributed by atoms with Crippen LogP contribution in [0.4, 0.5) is 10.1 Å². The molecule has 3 heteroatoms. The molecule has 1 rings (SSSR count). The summed E-state index contributed by atoms with van der Waals surface area (Å²) in [6.07, 6.45) is 0. The van der Waals surface area contributed by atoms with E-state index in [9.17, 15) is 4.39 Å². The molecular formula is C7H9FN2. The first-order valence-electron chi connectivity index (χ1n) is 3.00. The van der Waals surface area contributed by atoms with Crippen molar-refractivity contribution in [3.8, 4) is 0 Å². The summed E-state index contributed by atoms with van der Waals surface area (Å²) < 4.78 is 12.5. The molecule has 0 aliphatic rings. The lowest BCUT2D eigenvalue weighted by atomic mass is 10.2. The summed E-state index contributed by atoms with van der Waals surface area (Å²) in [5.74, 6) is -0.580. The second kappa shape index (κ2) is 2.25. The van der Waals surface area contributed by atoms with Crippen molar-refractivity contribution >= 4 is 5.69 Å². The van der Waals surface area contributed by atoms with Gasteiger partial charge in [0.1, 0.15) is 0 Å². The predicted molar refractivity (Wildman–Crippen MR) is 38.1 cm³/mol. The highest BCUT2D eigenvalue weighted by Gasteiger charge is 2.01. The molecule has 1 aromatic rings. The molecule has 1 heterocycles. The third-order valence-electron chi connectivity index (χ3n) is 1.45. The van der Waals surface area contributed by atoms with Gasteiger partial charge in [-0.15, -0.1) is 0 Å². The van der Waals surface area contributed by atoms with Gasteiger partial charge < -0.3 is 5.73 Å². The fraction of sp³-hybridized carbons (Fsp3) is 0.286. The van der Waals surface area contributed by atoms with Crippen molar-refractivity contribution in [1.29, 1.82) is 0 Å². The molecule has 0 saturated carbocycles. The van der Waals surface area contributed by atoms with Gasteiger partial charge in [-0.2, -0.15) is 4.39 Å². The Hall–Kier alpha value is -1.12. The van der Waals surface area contributed by atoms with E-state index in [4.69, 9.17) is 5.73 Å². The number of anilines is 1. The summed E-state index contributed by atoms with van der Waals surface area (Å²) in [7, 11) is 0. The van der Waals surface area contributed by atoms with Gasteiger partial charge in [0.2, 0.25) is 5.95 Å². The number of pyridine rings is 1. The second-order valence-corrected chi connectivity index (χ2v) is 2.27. The number of rotatable bonds is 0. The Morgan fingerprint density at radius 2 is 2.10 bits per heavy atom. The van der Waals surface area contributed by atoms with Crippen LogP contribution in [-0.2, 0) is 0 Å². The quantitative estimate of drug-likeness (QED) is 0.553. The molecule has 0 unspecified atom stereocenters. The number of nitrogen functional groups attached to an aromatic ring is 1. The number of hydrogen-bond donors (Lipinski definition) is 1. The third-order valence-corrected chi connectivity index (χ3v) is 1.45. The molecule has 0 spiro atoms. The molecule has 0 amide bonds. The van der Waals surface area contributed by atoms with E-state index in [1.165, 1.54) is 0 Å². The summed E-state index contributed by atoms with van der Waals surface area (Å²) in [5, 5.41) is 0. The van der Waals surface area contributed by atoms with Gasteiger partial charge in [0.25, 0.3) is 0 Å². The van der Waals surface area contributed by atoms with Gasteiger partial charge in [-0.05, 0) is 25.5 Å². The maximum atomic E-state index is 12.5. The lowest BCUT2D eigenvalue weighted by Crippen LogP contribution is -1.97. The van der Waals surface area contributed by atoms with Crippen molar-refractivity contribution in [1.82, 2.24) is 4.98 Å². The zero-order valence-electron chi connectivity index (χ0n) is 5.98. The number of halogens is 1. The average Bonchev–Trinajstić information content (AvgIpc) is 1.84. The minimum absolute atomic E-state index is 0.114. The summed E-state index contributed by atoms with van der Waals surface area (Å²) in [6, 6.07) is 1.58. The van der Waals surface area contributed by atoms with Crippen LogP contribution in [0.15, 0.2) is 6.07 Å². The van der Waals surface area contributed by atoms with E-state index >= 15 is 0 Å². The normalized spacial score (nSPS) is 9.90. The van der Waals surface area contributed by atoms with Gasteiger partial charge in [0.05, 0.1) is 5.69 Å². The average molecular weight is 140 g/mol. The van der Waals surface area contributed by atoms with Crippen LogP contribution in [0, 0.1) is 19.8 Å². The van der Waals surface area contributed by atoms with Gasteiger partial charge in [0.15, 0.2) is 0 Å². The lowest BCUT2D eigenvalue weighted by Gasteiger charge is -2.00. The molecule has 0 aliphatic heterocycles. The van der Waals surface area contributed by atoms with Crippen LogP contribution in [0.1, 0.15) is 11.3 Å². The van der Waals surface area contributed by atoms with Crippen LogP contribution in [0.3, 0.4) is 0 Å². The highest BCUT2D eigenvalue weighted by Crippen LogP contribution is 2.11. The zero-order chi connectivity index (χ0) is 7.72. The van der Waals surface area contributed by atoms with Crippen molar-refractivity contribution in [3.05, 3.63) is 23.3 Å². The minimum Gasteiger partial charge on any atom is -0.395 e. The summed E-state index contributed by atoms with van der Waals surface area (Å²) in [5.41, 5.74) is 6.97. The van der Waals surface area contributed by atoms with Crippen molar-refractivity contribution in [2.75, 3.05) is 5.73 Å². The van der Waals surface area contributed by atoms with Crippen LogP contribution < -0.4 is 5.73 Å². The molecule has 1 aromatic heterocycles. The van der Waals surface area contributed by atoms with Crippen LogP contribution in [0.25, 0.3) is 0 Å². The van der Waals surface area contributed by atoms with Crippen molar-refractivity contribution in [2.45, 2.75) is 13.8 Å². The molecule has 0 fully saturated rings. The number of nitrogens with two attached hydrogens (primary N) is 1. The first kappa shape index (κ1) is 6.99. The van der Waals surface area contributed by atoms with Crippen molar-refractivity contribution in [2.24, 2.45) is 0 Å². The monoisotopic (exact) mass is 140 g/mol. The summed E-state index contributed by atoms with van der Waals surface area (Å²) in [6.45, 7) is 3.59. The molecule has 0 radical (unpaired) electrons. The van der Waals surface area contributed by atoms with Gasteiger partial charge in [0, 0.05) is 5.69 Å². The van der Waals surface area contributed by atoms with E-state index in [1.807, 2.05) is 6.92 Å².